The second kappa shape index (κ2) is 11.0. The van der Waals surface area contributed by atoms with Gasteiger partial charge in [-0.1, -0.05) is 12.1 Å². The molecule has 0 saturated heterocycles. The summed E-state index contributed by atoms with van der Waals surface area (Å²) in [5.41, 5.74) is 0.260. The van der Waals surface area contributed by atoms with Crippen molar-refractivity contribution in [3.05, 3.63) is 42.5 Å². The average Bonchev–Trinajstić information content (AvgIpc) is 2.41. The molecule has 0 saturated carbocycles. The predicted molar refractivity (Wildman–Crippen MR) is 103 cm³/mol. The maximum atomic E-state index is 11.7. The summed E-state index contributed by atoms with van der Waals surface area (Å²) in [6.45, 7) is 2.92. The van der Waals surface area contributed by atoms with Crippen molar-refractivity contribution in [2.24, 2.45) is 0 Å². The van der Waals surface area contributed by atoms with Crippen LogP contribution in [0.2, 0.25) is 0 Å². The van der Waals surface area contributed by atoms with E-state index in [4.69, 9.17) is 0 Å². The third-order valence-electron chi connectivity index (χ3n) is 3.47. The van der Waals surface area contributed by atoms with Crippen LogP contribution in [-0.2, 0) is 20.2 Å². The molecule has 130 valence electrons. The standard InChI is InChI=1S/C14H12I2O6S2.2K/c1-7-11(15)5-3-9(13(7)23(17,18)19)10-4-6-12(16)8(2)14(10)24(20,21)22;;/h3-6H,1-2H3,(H,17,18,19)(H,20,21,22);;/q;2*+1/p-2. The molecular formula is C14H10I2K2O6S2. The van der Waals surface area contributed by atoms with Gasteiger partial charge in [0.2, 0.25) is 0 Å². The van der Waals surface area contributed by atoms with Crippen LogP contribution in [0.5, 0.6) is 0 Å². The van der Waals surface area contributed by atoms with E-state index >= 15 is 0 Å². The molecule has 0 aromatic heterocycles. The van der Waals surface area contributed by atoms with E-state index in [0.29, 0.717) is 7.14 Å². The molecule has 0 aliphatic rings. The first kappa shape index (κ1) is 29.0. The minimum atomic E-state index is -4.87. The van der Waals surface area contributed by atoms with Crippen LogP contribution in [-0.4, -0.2) is 25.9 Å². The fourth-order valence-corrected chi connectivity index (χ4v) is 5.53. The Hall–Kier alpha value is 2.99. The van der Waals surface area contributed by atoms with Crippen LogP contribution in [0.25, 0.3) is 11.1 Å². The number of hydrogen-bond donors (Lipinski definition) is 0. The summed E-state index contributed by atoms with van der Waals surface area (Å²) in [7, 11) is -9.75. The van der Waals surface area contributed by atoms with Crippen molar-refractivity contribution in [1.82, 2.24) is 0 Å². The maximum Gasteiger partial charge on any atom is 1.00 e. The molecule has 0 heterocycles. The molecule has 0 spiro atoms. The Morgan fingerprint density at radius 1 is 0.692 bits per heavy atom. The van der Waals surface area contributed by atoms with E-state index in [1.165, 1.54) is 26.0 Å². The van der Waals surface area contributed by atoms with Crippen LogP contribution in [0.4, 0.5) is 0 Å². The van der Waals surface area contributed by atoms with E-state index in [-0.39, 0.29) is 125 Å². The minimum Gasteiger partial charge on any atom is -0.744 e. The van der Waals surface area contributed by atoms with Crippen LogP contribution in [0, 0.1) is 21.0 Å². The van der Waals surface area contributed by atoms with Crippen molar-refractivity contribution in [2.45, 2.75) is 23.6 Å². The van der Waals surface area contributed by atoms with E-state index in [9.17, 15) is 25.9 Å². The van der Waals surface area contributed by atoms with Crippen molar-refractivity contribution in [1.29, 1.82) is 0 Å². The topological polar surface area (TPSA) is 114 Å². The van der Waals surface area contributed by atoms with Gasteiger partial charge in [-0.05, 0) is 82.3 Å². The molecule has 0 unspecified atom stereocenters. The normalized spacial score (nSPS) is 11.5. The summed E-state index contributed by atoms with van der Waals surface area (Å²) in [5.74, 6) is 0. The Kier molecular flexibility index (Phi) is 12.3. The van der Waals surface area contributed by atoms with Gasteiger partial charge in [0, 0.05) is 18.3 Å². The quantitative estimate of drug-likeness (QED) is 0.196. The Labute approximate surface area is 265 Å². The Bertz CT molecular complexity index is 968. The number of rotatable bonds is 3. The maximum absolute atomic E-state index is 11.7. The summed E-state index contributed by atoms with van der Waals surface area (Å²) in [6.07, 6.45) is 0. The first-order valence-electron chi connectivity index (χ1n) is 6.36. The molecule has 2 rings (SSSR count). The van der Waals surface area contributed by atoms with E-state index in [2.05, 4.69) is 0 Å². The van der Waals surface area contributed by atoms with Crippen molar-refractivity contribution < 1.29 is 129 Å². The summed E-state index contributed by atoms with van der Waals surface area (Å²) in [5, 5.41) is 0. The van der Waals surface area contributed by atoms with E-state index < -0.39 is 30.0 Å². The fraction of sp³-hybridized carbons (Fsp3) is 0.143. The van der Waals surface area contributed by atoms with Crippen LogP contribution >= 0.6 is 45.2 Å². The van der Waals surface area contributed by atoms with Gasteiger partial charge in [-0.2, -0.15) is 0 Å². The largest absolute Gasteiger partial charge is 1.00 e. The van der Waals surface area contributed by atoms with Crippen LogP contribution in [0.3, 0.4) is 0 Å². The molecule has 0 aliphatic heterocycles. The van der Waals surface area contributed by atoms with Crippen molar-refractivity contribution in [2.75, 3.05) is 0 Å². The molecule has 0 atom stereocenters. The molecular weight excluding hydrogens is 660 g/mol. The van der Waals surface area contributed by atoms with Gasteiger partial charge >= 0.3 is 103 Å². The monoisotopic (exact) mass is 670 g/mol. The number of benzene rings is 2. The van der Waals surface area contributed by atoms with Gasteiger partial charge in [-0.15, -0.1) is 0 Å². The van der Waals surface area contributed by atoms with E-state index in [1.54, 1.807) is 12.1 Å². The summed E-state index contributed by atoms with van der Waals surface area (Å²) in [4.78, 5) is -1.03. The van der Waals surface area contributed by atoms with Gasteiger partial charge in [-0.25, -0.2) is 16.8 Å². The second-order valence-electron chi connectivity index (χ2n) is 5.01. The summed E-state index contributed by atoms with van der Waals surface area (Å²) >= 11 is 3.76. The zero-order valence-electron chi connectivity index (χ0n) is 14.3. The van der Waals surface area contributed by atoms with E-state index in [1.807, 2.05) is 45.2 Å². The molecule has 12 heteroatoms. The number of hydrogen-bond acceptors (Lipinski definition) is 6. The zero-order chi connectivity index (χ0) is 18.4. The average molecular weight is 670 g/mol. The summed E-state index contributed by atoms with van der Waals surface area (Å²) in [6, 6.07) is 5.81. The molecule has 0 radical (unpaired) electrons. The van der Waals surface area contributed by atoms with Crippen LogP contribution < -0.4 is 103 Å². The third-order valence-corrected chi connectivity index (χ3v) is 7.86. The first-order valence-corrected chi connectivity index (χ1v) is 11.3. The molecule has 0 aliphatic carbocycles. The second-order valence-corrected chi connectivity index (χ2v) is 9.96. The van der Waals surface area contributed by atoms with Crippen molar-refractivity contribution in [3.8, 4) is 11.1 Å². The van der Waals surface area contributed by atoms with E-state index in [0.717, 1.165) is 0 Å². The van der Waals surface area contributed by atoms with Gasteiger partial charge in [0.05, 0.1) is 9.79 Å². The third kappa shape index (κ3) is 6.49. The molecule has 26 heavy (non-hydrogen) atoms. The predicted octanol–water partition coefficient (Wildman–Crippen LogP) is -3.00. The van der Waals surface area contributed by atoms with Crippen LogP contribution in [0.1, 0.15) is 11.1 Å². The SMILES string of the molecule is Cc1c(I)ccc(-c2ccc(I)c(C)c2S(=O)(=O)[O-])c1S(=O)(=O)[O-].[K+].[K+]. The van der Waals surface area contributed by atoms with Gasteiger partial charge < -0.3 is 9.11 Å². The number of halogens is 2. The summed E-state index contributed by atoms with van der Waals surface area (Å²) < 4.78 is 71.4. The zero-order valence-corrected chi connectivity index (χ0v) is 26.5. The Morgan fingerprint density at radius 2 is 0.962 bits per heavy atom. The van der Waals surface area contributed by atoms with Crippen molar-refractivity contribution in [3.63, 3.8) is 0 Å². The molecule has 2 aromatic rings. The van der Waals surface area contributed by atoms with Gasteiger partial charge in [0.1, 0.15) is 20.2 Å². The van der Waals surface area contributed by atoms with Gasteiger partial charge in [0.15, 0.2) is 0 Å². The Morgan fingerprint density at radius 3 is 1.19 bits per heavy atom. The smallest absolute Gasteiger partial charge is 0.744 e. The Balaban J connectivity index is 0.00000312. The minimum absolute atomic E-state index is 0. The molecule has 0 amide bonds. The molecule has 6 nitrogen and oxygen atoms in total. The van der Waals surface area contributed by atoms with Gasteiger partial charge in [0.25, 0.3) is 0 Å². The van der Waals surface area contributed by atoms with Crippen LogP contribution in [0.15, 0.2) is 34.1 Å². The molecule has 2 aromatic carbocycles. The van der Waals surface area contributed by atoms with Gasteiger partial charge in [-0.3, -0.25) is 0 Å². The molecule has 0 bridgehead atoms. The first-order chi connectivity index (χ1) is 10.9. The molecule has 0 N–H and O–H groups in total. The molecule has 0 fully saturated rings. The van der Waals surface area contributed by atoms with Crippen molar-refractivity contribution >= 4 is 65.4 Å². The fourth-order valence-electron chi connectivity index (χ4n) is 2.40.